The predicted octanol–water partition coefficient (Wildman–Crippen LogP) is 0.641. The van der Waals surface area contributed by atoms with Crippen LogP contribution in [0.3, 0.4) is 0 Å². The molecule has 1 fully saturated rings. The summed E-state index contributed by atoms with van der Waals surface area (Å²) >= 11 is 0. The second-order valence-electron chi connectivity index (χ2n) is 4.30. The van der Waals surface area contributed by atoms with Crippen LogP contribution in [0.25, 0.3) is 0 Å². The maximum absolute atomic E-state index is 13.0. The Morgan fingerprint density at radius 3 is 3.24 bits per heavy atom. The van der Waals surface area contributed by atoms with E-state index in [1.54, 1.807) is 6.20 Å². The molecule has 2 rings (SSSR count). The number of rotatable bonds is 4. The number of ether oxygens (including phenoxy) is 1. The van der Waals surface area contributed by atoms with Gasteiger partial charge in [-0.05, 0) is 18.7 Å². The molecule has 0 spiro atoms. The molecule has 0 radical (unpaired) electrons. The molecule has 2 heterocycles. The van der Waals surface area contributed by atoms with Crippen molar-refractivity contribution in [3.8, 4) is 0 Å². The van der Waals surface area contributed by atoms with E-state index in [0.717, 1.165) is 38.3 Å². The van der Waals surface area contributed by atoms with Gasteiger partial charge in [-0.3, -0.25) is 9.88 Å². The molecule has 5 heteroatoms. The van der Waals surface area contributed by atoms with Crippen LogP contribution >= 0.6 is 0 Å². The van der Waals surface area contributed by atoms with E-state index in [1.807, 2.05) is 7.05 Å². The molecule has 0 aromatic carbocycles. The Labute approximate surface area is 101 Å². The molecular weight excluding hydrogens is 221 g/mol. The van der Waals surface area contributed by atoms with Crippen LogP contribution < -0.4 is 5.32 Å². The molecule has 1 N–H and O–H groups in total. The standard InChI is InChI=1S/C12H18FN3O/c1-14-7-12-9-16(2-3-17-12)8-10-4-11(13)6-15-5-10/h4-6,12,14H,2-3,7-9H2,1H3. The van der Waals surface area contributed by atoms with Crippen LogP contribution in [0.1, 0.15) is 5.56 Å². The second-order valence-corrected chi connectivity index (χ2v) is 4.30. The van der Waals surface area contributed by atoms with Crippen molar-refractivity contribution >= 4 is 0 Å². The Balaban J connectivity index is 1.90. The maximum atomic E-state index is 13.0. The van der Waals surface area contributed by atoms with Gasteiger partial charge in [0.2, 0.25) is 0 Å². The molecule has 0 saturated carbocycles. The summed E-state index contributed by atoms with van der Waals surface area (Å²) in [5.74, 6) is -0.275. The highest BCUT2D eigenvalue weighted by atomic mass is 19.1. The fourth-order valence-electron chi connectivity index (χ4n) is 2.08. The molecule has 0 amide bonds. The second kappa shape index (κ2) is 6.05. The van der Waals surface area contributed by atoms with E-state index in [-0.39, 0.29) is 11.9 Å². The van der Waals surface area contributed by atoms with Crippen molar-refractivity contribution in [3.63, 3.8) is 0 Å². The minimum Gasteiger partial charge on any atom is -0.374 e. The van der Waals surface area contributed by atoms with Gasteiger partial charge < -0.3 is 10.1 Å². The summed E-state index contributed by atoms with van der Waals surface area (Å²) in [4.78, 5) is 6.13. The largest absolute Gasteiger partial charge is 0.374 e. The van der Waals surface area contributed by atoms with Crippen LogP contribution in [0.5, 0.6) is 0 Å². The zero-order valence-corrected chi connectivity index (χ0v) is 10.0. The smallest absolute Gasteiger partial charge is 0.141 e. The predicted molar refractivity (Wildman–Crippen MR) is 63.1 cm³/mol. The van der Waals surface area contributed by atoms with E-state index in [2.05, 4.69) is 15.2 Å². The fourth-order valence-corrected chi connectivity index (χ4v) is 2.08. The van der Waals surface area contributed by atoms with Gasteiger partial charge in [0, 0.05) is 32.4 Å². The lowest BCUT2D eigenvalue weighted by Crippen LogP contribution is -2.45. The van der Waals surface area contributed by atoms with Crippen molar-refractivity contribution in [3.05, 3.63) is 29.8 Å². The molecule has 1 aliphatic heterocycles. The number of hydrogen-bond donors (Lipinski definition) is 1. The molecule has 1 aromatic rings. The summed E-state index contributed by atoms with van der Waals surface area (Å²) < 4.78 is 18.6. The SMILES string of the molecule is CNCC1CN(Cc2cncc(F)c2)CCO1. The van der Waals surface area contributed by atoms with Gasteiger partial charge in [0.1, 0.15) is 5.82 Å². The Hall–Kier alpha value is -1.04. The Morgan fingerprint density at radius 2 is 2.47 bits per heavy atom. The fraction of sp³-hybridized carbons (Fsp3) is 0.583. The van der Waals surface area contributed by atoms with Crippen LogP contribution in [0.2, 0.25) is 0 Å². The molecule has 0 aliphatic carbocycles. The van der Waals surface area contributed by atoms with Crippen molar-refractivity contribution in [2.75, 3.05) is 33.3 Å². The number of nitrogens with zero attached hydrogens (tertiary/aromatic N) is 2. The van der Waals surface area contributed by atoms with E-state index in [4.69, 9.17) is 4.74 Å². The molecule has 0 bridgehead atoms. The number of pyridine rings is 1. The third kappa shape index (κ3) is 3.73. The summed E-state index contributed by atoms with van der Waals surface area (Å²) in [6, 6.07) is 1.54. The Bertz CT molecular complexity index is 359. The van der Waals surface area contributed by atoms with Gasteiger partial charge in [-0.1, -0.05) is 0 Å². The van der Waals surface area contributed by atoms with Crippen LogP contribution in [-0.2, 0) is 11.3 Å². The number of hydrogen-bond acceptors (Lipinski definition) is 4. The van der Waals surface area contributed by atoms with Gasteiger partial charge in [0.05, 0.1) is 18.9 Å². The molecule has 17 heavy (non-hydrogen) atoms. The molecule has 1 atom stereocenters. The molecule has 1 aliphatic rings. The van der Waals surface area contributed by atoms with Gasteiger partial charge in [0.25, 0.3) is 0 Å². The summed E-state index contributed by atoms with van der Waals surface area (Å²) in [6.07, 6.45) is 3.16. The maximum Gasteiger partial charge on any atom is 0.141 e. The highest BCUT2D eigenvalue weighted by Crippen LogP contribution is 2.10. The van der Waals surface area contributed by atoms with E-state index in [1.165, 1.54) is 12.3 Å². The number of nitrogens with one attached hydrogen (secondary N) is 1. The summed E-state index contributed by atoms with van der Waals surface area (Å²) in [7, 11) is 1.92. The van der Waals surface area contributed by atoms with E-state index in [9.17, 15) is 4.39 Å². The van der Waals surface area contributed by atoms with Crippen molar-refractivity contribution in [1.82, 2.24) is 15.2 Å². The summed E-state index contributed by atoms with van der Waals surface area (Å²) in [5, 5.41) is 3.11. The van der Waals surface area contributed by atoms with Crippen LogP contribution in [-0.4, -0.2) is 49.3 Å². The van der Waals surface area contributed by atoms with Gasteiger partial charge in [-0.15, -0.1) is 0 Å². The first kappa shape index (κ1) is 12.4. The molecule has 1 saturated heterocycles. The van der Waals surface area contributed by atoms with E-state index < -0.39 is 0 Å². The summed E-state index contributed by atoms with van der Waals surface area (Å²) in [5.41, 5.74) is 0.912. The molecule has 1 aromatic heterocycles. The van der Waals surface area contributed by atoms with Gasteiger partial charge in [0.15, 0.2) is 0 Å². The molecule has 1 unspecified atom stereocenters. The zero-order valence-electron chi connectivity index (χ0n) is 10.0. The average Bonchev–Trinajstić information content (AvgIpc) is 2.30. The first-order chi connectivity index (χ1) is 8.28. The van der Waals surface area contributed by atoms with Crippen LogP contribution in [0, 0.1) is 5.82 Å². The minimum absolute atomic E-state index is 0.218. The number of halogens is 1. The van der Waals surface area contributed by atoms with Crippen LogP contribution in [0.15, 0.2) is 18.5 Å². The average molecular weight is 239 g/mol. The molecule has 4 nitrogen and oxygen atoms in total. The summed E-state index contributed by atoms with van der Waals surface area (Å²) in [6.45, 7) is 4.06. The third-order valence-electron chi connectivity index (χ3n) is 2.82. The van der Waals surface area contributed by atoms with E-state index in [0.29, 0.717) is 0 Å². The van der Waals surface area contributed by atoms with Gasteiger partial charge >= 0.3 is 0 Å². The van der Waals surface area contributed by atoms with Gasteiger partial charge in [-0.2, -0.15) is 0 Å². The quantitative estimate of drug-likeness (QED) is 0.836. The highest BCUT2D eigenvalue weighted by Gasteiger charge is 2.19. The van der Waals surface area contributed by atoms with Crippen molar-refractivity contribution < 1.29 is 9.13 Å². The van der Waals surface area contributed by atoms with Crippen LogP contribution in [0.4, 0.5) is 4.39 Å². The lowest BCUT2D eigenvalue weighted by molar-refractivity contribution is -0.0291. The number of aromatic nitrogens is 1. The lowest BCUT2D eigenvalue weighted by atomic mass is 10.2. The minimum atomic E-state index is -0.275. The third-order valence-corrected chi connectivity index (χ3v) is 2.82. The van der Waals surface area contributed by atoms with Crippen molar-refractivity contribution in [1.29, 1.82) is 0 Å². The lowest BCUT2D eigenvalue weighted by Gasteiger charge is -2.32. The first-order valence-electron chi connectivity index (χ1n) is 5.86. The van der Waals surface area contributed by atoms with E-state index >= 15 is 0 Å². The van der Waals surface area contributed by atoms with Crippen molar-refractivity contribution in [2.24, 2.45) is 0 Å². The Kier molecular flexibility index (Phi) is 4.42. The first-order valence-corrected chi connectivity index (χ1v) is 5.86. The Morgan fingerprint density at radius 1 is 1.59 bits per heavy atom. The highest BCUT2D eigenvalue weighted by molar-refractivity contribution is 5.10. The van der Waals surface area contributed by atoms with Gasteiger partial charge in [-0.25, -0.2) is 4.39 Å². The van der Waals surface area contributed by atoms with Crippen molar-refractivity contribution in [2.45, 2.75) is 12.6 Å². The number of morpholine rings is 1. The number of likely N-dealkylation sites (N-methyl/N-ethyl adjacent to an activating group) is 1. The zero-order chi connectivity index (χ0) is 12.1. The topological polar surface area (TPSA) is 37.4 Å². The molecule has 94 valence electrons. The monoisotopic (exact) mass is 239 g/mol. The normalized spacial score (nSPS) is 21.6. The molecular formula is C12H18FN3O.